The number of carboxylic acid groups (broad SMARTS) is 1. The van der Waals surface area contributed by atoms with Crippen molar-refractivity contribution in [3.8, 4) is 5.75 Å². The minimum absolute atomic E-state index is 0.0254. The lowest BCUT2D eigenvalue weighted by atomic mass is 10.2. The maximum Gasteiger partial charge on any atom is 0.303 e. The van der Waals surface area contributed by atoms with Crippen LogP contribution in [0.2, 0.25) is 0 Å². The summed E-state index contributed by atoms with van der Waals surface area (Å²) in [6, 6.07) is 7.48. The number of carboxylic acids is 1. The van der Waals surface area contributed by atoms with Crippen molar-refractivity contribution in [1.29, 1.82) is 0 Å². The summed E-state index contributed by atoms with van der Waals surface area (Å²) in [5.41, 5.74) is 1.08. The molecule has 1 aromatic carbocycles. The summed E-state index contributed by atoms with van der Waals surface area (Å²) in [7, 11) is 0. The van der Waals surface area contributed by atoms with Crippen molar-refractivity contribution in [3.05, 3.63) is 29.8 Å². The molecule has 5 heteroatoms. The van der Waals surface area contributed by atoms with Crippen LogP contribution in [0.3, 0.4) is 0 Å². The molecule has 5 nitrogen and oxygen atoms in total. The number of carbonyl (C=O) groups excluding carboxylic acids is 1. The molecule has 0 aliphatic carbocycles. The summed E-state index contributed by atoms with van der Waals surface area (Å²) in [5.74, 6) is -0.341. The Labute approximate surface area is 112 Å². The van der Waals surface area contributed by atoms with Crippen LogP contribution in [0.15, 0.2) is 24.3 Å². The highest BCUT2D eigenvalue weighted by atomic mass is 16.5. The van der Waals surface area contributed by atoms with Crippen LogP contribution in [0.5, 0.6) is 5.75 Å². The maximum atomic E-state index is 11.4. The standard InChI is InChI=1S/C14H19NO4/c1-11-5-4-6-12(9-11)19-10-13(16)15-8-3-2-7-14(17)18/h4-6,9H,2-3,7-8,10H2,1H3,(H,15,16)(H,17,18). The Morgan fingerprint density at radius 2 is 2.11 bits per heavy atom. The number of hydrogen-bond acceptors (Lipinski definition) is 3. The molecular formula is C14H19NO4. The van der Waals surface area contributed by atoms with Gasteiger partial charge in [0.1, 0.15) is 5.75 Å². The Balaban J connectivity index is 2.13. The number of amides is 1. The molecule has 0 aromatic heterocycles. The van der Waals surface area contributed by atoms with Crippen molar-refractivity contribution in [3.63, 3.8) is 0 Å². The van der Waals surface area contributed by atoms with E-state index < -0.39 is 5.97 Å². The van der Waals surface area contributed by atoms with E-state index in [0.717, 1.165) is 5.56 Å². The summed E-state index contributed by atoms with van der Waals surface area (Å²) in [6.45, 7) is 2.40. The molecule has 0 radical (unpaired) electrons. The smallest absolute Gasteiger partial charge is 0.303 e. The van der Waals surface area contributed by atoms with E-state index in [4.69, 9.17) is 9.84 Å². The van der Waals surface area contributed by atoms with E-state index in [1.807, 2.05) is 25.1 Å². The first-order valence-corrected chi connectivity index (χ1v) is 6.26. The lowest BCUT2D eigenvalue weighted by molar-refractivity contribution is -0.137. The second kappa shape index (κ2) is 8.13. The predicted molar refractivity (Wildman–Crippen MR) is 71.2 cm³/mol. The van der Waals surface area contributed by atoms with Gasteiger partial charge < -0.3 is 15.2 Å². The second-order valence-electron chi connectivity index (χ2n) is 4.31. The first-order valence-electron chi connectivity index (χ1n) is 6.26. The van der Waals surface area contributed by atoms with Gasteiger partial charge in [0.2, 0.25) is 0 Å². The number of benzene rings is 1. The molecule has 0 unspecified atom stereocenters. The zero-order valence-electron chi connectivity index (χ0n) is 11.0. The summed E-state index contributed by atoms with van der Waals surface area (Å²) in [6.07, 6.45) is 1.35. The quantitative estimate of drug-likeness (QED) is 0.702. The van der Waals surface area contributed by atoms with Crippen molar-refractivity contribution in [2.45, 2.75) is 26.2 Å². The normalized spacial score (nSPS) is 9.95. The van der Waals surface area contributed by atoms with E-state index in [-0.39, 0.29) is 18.9 Å². The van der Waals surface area contributed by atoms with Crippen LogP contribution in [0.1, 0.15) is 24.8 Å². The first-order chi connectivity index (χ1) is 9.08. The van der Waals surface area contributed by atoms with Gasteiger partial charge in [-0.15, -0.1) is 0 Å². The number of aryl methyl sites for hydroxylation is 1. The molecule has 0 saturated carbocycles. The Kier molecular flexibility index (Phi) is 6.43. The second-order valence-corrected chi connectivity index (χ2v) is 4.31. The average molecular weight is 265 g/mol. The Morgan fingerprint density at radius 3 is 2.79 bits per heavy atom. The monoisotopic (exact) mass is 265 g/mol. The zero-order valence-corrected chi connectivity index (χ0v) is 11.0. The molecule has 0 saturated heterocycles. The van der Waals surface area contributed by atoms with Crippen LogP contribution < -0.4 is 10.1 Å². The van der Waals surface area contributed by atoms with Crippen LogP contribution in [-0.4, -0.2) is 30.1 Å². The molecular weight excluding hydrogens is 246 g/mol. The molecule has 0 aliphatic heterocycles. The van der Waals surface area contributed by atoms with E-state index in [2.05, 4.69) is 5.32 Å². The molecule has 1 rings (SSSR count). The molecule has 104 valence electrons. The van der Waals surface area contributed by atoms with Crippen LogP contribution in [-0.2, 0) is 9.59 Å². The van der Waals surface area contributed by atoms with Crippen molar-refractivity contribution in [2.24, 2.45) is 0 Å². The van der Waals surface area contributed by atoms with Crippen molar-refractivity contribution in [1.82, 2.24) is 5.32 Å². The molecule has 0 atom stereocenters. The molecule has 0 fully saturated rings. The Morgan fingerprint density at radius 1 is 1.32 bits per heavy atom. The van der Waals surface area contributed by atoms with Gasteiger partial charge in [-0.05, 0) is 37.5 Å². The highest BCUT2D eigenvalue weighted by Crippen LogP contribution is 2.11. The number of nitrogens with one attached hydrogen (secondary N) is 1. The molecule has 0 aliphatic rings. The molecule has 1 amide bonds. The third-order valence-electron chi connectivity index (χ3n) is 2.50. The fourth-order valence-electron chi connectivity index (χ4n) is 1.53. The van der Waals surface area contributed by atoms with E-state index in [1.165, 1.54) is 0 Å². The van der Waals surface area contributed by atoms with Gasteiger partial charge in [0.05, 0.1) is 0 Å². The summed E-state index contributed by atoms with van der Waals surface area (Å²) >= 11 is 0. The zero-order chi connectivity index (χ0) is 14.1. The molecule has 0 spiro atoms. The Bertz CT molecular complexity index is 431. The van der Waals surface area contributed by atoms with Gasteiger partial charge in [0.25, 0.3) is 5.91 Å². The van der Waals surface area contributed by atoms with Crippen LogP contribution in [0.4, 0.5) is 0 Å². The minimum Gasteiger partial charge on any atom is -0.484 e. The van der Waals surface area contributed by atoms with Crippen molar-refractivity contribution >= 4 is 11.9 Å². The summed E-state index contributed by atoms with van der Waals surface area (Å²) in [5, 5.41) is 11.1. The van der Waals surface area contributed by atoms with E-state index in [1.54, 1.807) is 6.07 Å². The fourth-order valence-corrected chi connectivity index (χ4v) is 1.53. The highest BCUT2D eigenvalue weighted by Gasteiger charge is 2.03. The SMILES string of the molecule is Cc1cccc(OCC(=O)NCCCCC(=O)O)c1. The third kappa shape index (κ3) is 7.08. The van der Waals surface area contributed by atoms with Crippen molar-refractivity contribution in [2.75, 3.05) is 13.2 Å². The third-order valence-corrected chi connectivity index (χ3v) is 2.50. The number of hydrogen-bond donors (Lipinski definition) is 2. The van der Waals surface area contributed by atoms with Gasteiger partial charge in [0, 0.05) is 13.0 Å². The number of rotatable bonds is 8. The molecule has 0 heterocycles. The summed E-state index contributed by atoms with van der Waals surface area (Å²) in [4.78, 5) is 21.7. The lowest BCUT2D eigenvalue weighted by Crippen LogP contribution is -2.29. The van der Waals surface area contributed by atoms with Gasteiger partial charge in [0.15, 0.2) is 6.61 Å². The van der Waals surface area contributed by atoms with Crippen molar-refractivity contribution < 1.29 is 19.4 Å². The van der Waals surface area contributed by atoms with Gasteiger partial charge in [-0.3, -0.25) is 9.59 Å². The molecule has 19 heavy (non-hydrogen) atoms. The number of aliphatic carboxylic acids is 1. The van der Waals surface area contributed by atoms with E-state index in [9.17, 15) is 9.59 Å². The minimum atomic E-state index is -0.811. The van der Waals surface area contributed by atoms with Gasteiger partial charge in [-0.25, -0.2) is 0 Å². The van der Waals surface area contributed by atoms with Gasteiger partial charge in [-0.1, -0.05) is 12.1 Å². The first kappa shape index (κ1) is 15.0. The van der Waals surface area contributed by atoms with E-state index >= 15 is 0 Å². The lowest BCUT2D eigenvalue weighted by Gasteiger charge is -2.07. The molecule has 2 N–H and O–H groups in total. The van der Waals surface area contributed by atoms with Gasteiger partial charge in [-0.2, -0.15) is 0 Å². The predicted octanol–water partition coefficient (Wildman–Crippen LogP) is 1.74. The summed E-state index contributed by atoms with van der Waals surface area (Å²) < 4.78 is 5.34. The number of unbranched alkanes of at least 4 members (excludes halogenated alkanes) is 1. The van der Waals surface area contributed by atoms with Crippen LogP contribution in [0, 0.1) is 6.92 Å². The fraction of sp³-hybridized carbons (Fsp3) is 0.429. The van der Waals surface area contributed by atoms with Crippen LogP contribution in [0.25, 0.3) is 0 Å². The highest BCUT2D eigenvalue weighted by molar-refractivity contribution is 5.77. The van der Waals surface area contributed by atoms with Crippen LogP contribution >= 0.6 is 0 Å². The molecule has 1 aromatic rings. The number of carbonyl (C=O) groups is 2. The average Bonchev–Trinajstić information content (AvgIpc) is 2.35. The van der Waals surface area contributed by atoms with Gasteiger partial charge >= 0.3 is 5.97 Å². The number of ether oxygens (including phenoxy) is 1. The maximum absolute atomic E-state index is 11.4. The topological polar surface area (TPSA) is 75.6 Å². The van der Waals surface area contributed by atoms with E-state index in [0.29, 0.717) is 25.1 Å². The Hall–Kier alpha value is -2.04. The largest absolute Gasteiger partial charge is 0.484 e. The molecule has 0 bridgehead atoms.